The summed E-state index contributed by atoms with van der Waals surface area (Å²) in [6, 6.07) is 51.7. The molecule has 200 valence electrons. The molecule has 0 aliphatic heterocycles. The fourth-order valence-corrected chi connectivity index (χ4v) is 7.71. The molecule has 3 heteroatoms. The molecule has 0 atom stereocenters. The lowest BCUT2D eigenvalue weighted by molar-refractivity contribution is 1.18. The van der Waals surface area contributed by atoms with Crippen LogP contribution in [0.3, 0.4) is 0 Å². The lowest BCUT2D eigenvalue weighted by atomic mass is 9.92. The molecular formula is C40H24N2S. The van der Waals surface area contributed by atoms with Crippen molar-refractivity contribution in [3.63, 3.8) is 0 Å². The first kappa shape index (κ1) is 24.2. The van der Waals surface area contributed by atoms with E-state index in [2.05, 4.69) is 133 Å². The zero-order valence-electron chi connectivity index (χ0n) is 23.2. The monoisotopic (exact) mass is 564 g/mol. The number of thiophene rings is 1. The van der Waals surface area contributed by atoms with Crippen molar-refractivity contribution in [3.05, 3.63) is 146 Å². The van der Waals surface area contributed by atoms with Gasteiger partial charge < -0.3 is 0 Å². The predicted octanol–water partition coefficient (Wildman–Crippen LogP) is 11.3. The highest BCUT2D eigenvalue weighted by Crippen LogP contribution is 2.44. The highest BCUT2D eigenvalue weighted by atomic mass is 32.1. The van der Waals surface area contributed by atoms with Gasteiger partial charge in [0.15, 0.2) is 5.82 Å². The molecule has 0 spiro atoms. The summed E-state index contributed by atoms with van der Waals surface area (Å²) in [5.74, 6) is 0.728. The molecule has 43 heavy (non-hydrogen) atoms. The van der Waals surface area contributed by atoms with Crippen molar-refractivity contribution in [1.29, 1.82) is 0 Å². The van der Waals surface area contributed by atoms with E-state index in [4.69, 9.17) is 9.97 Å². The van der Waals surface area contributed by atoms with Crippen molar-refractivity contribution in [1.82, 2.24) is 9.97 Å². The molecule has 0 aliphatic rings. The van der Waals surface area contributed by atoms with E-state index in [9.17, 15) is 0 Å². The van der Waals surface area contributed by atoms with Crippen LogP contribution in [0, 0.1) is 0 Å². The Kier molecular flexibility index (Phi) is 5.40. The van der Waals surface area contributed by atoms with Crippen LogP contribution in [0.1, 0.15) is 0 Å². The van der Waals surface area contributed by atoms with Gasteiger partial charge in [-0.1, -0.05) is 127 Å². The minimum absolute atomic E-state index is 0.728. The Balaban J connectivity index is 1.33. The molecule has 0 saturated carbocycles. The van der Waals surface area contributed by atoms with Crippen LogP contribution < -0.4 is 0 Å². The van der Waals surface area contributed by atoms with Gasteiger partial charge in [-0.2, -0.15) is 0 Å². The molecule has 7 aromatic carbocycles. The van der Waals surface area contributed by atoms with E-state index in [0.717, 1.165) is 33.9 Å². The topological polar surface area (TPSA) is 25.8 Å². The summed E-state index contributed by atoms with van der Waals surface area (Å²) in [4.78, 5) is 10.2. The van der Waals surface area contributed by atoms with Gasteiger partial charge in [-0.15, -0.1) is 11.3 Å². The first-order chi connectivity index (χ1) is 21.3. The summed E-state index contributed by atoms with van der Waals surface area (Å²) >= 11 is 1.89. The molecule has 2 heterocycles. The third-order valence-electron chi connectivity index (χ3n) is 8.47. The van der Waals surface area contributed by atoms with E-state index in [1.54, 1.807) is 0 Å². The zero-order valence-corrected chi connectivity index (χ0v) is 24.0. The molecular weight excluding hydrogens is 541 g/mol. The van der Waals surface area contributed by atoms with Crippen LogP contribution in [0.15, 0.2) is 146 Å². The Hall–Kier alpha value is -5.38. The Bertz CT molecular complexity index is 2420. The normalized spacial score (nSPS) is 11.7. The summed E-state index contributed by atoms with van der Waals surface area (Å²) in [6.45, 7) is 0. The number of hydrogen-bond donors (Lipinski definition) is 0. The average molecular weight is 565 g/mol. The molecule has 0 unspecified atom stereocenters. The molecule has 9 rings (SSSR count). The number of nitrogens with zero attached hydrogens (tertiary/aromatic N) is 2. The van der Waals surface area contributed by atoms with Crippen molar-refractivity contribution in [2.45, 2.75) is 0 Å². The van der Waals surface area contributed by atoms with Gasteiger partial charge in [0, 0.05) is 42.2 Å². The van der Waals surface area contributed by atoms with Gasteiger partial charge in [-0.3, -0.25) is 0 Å². The Morgan fingerprint density at radius 2 is 0.907 bits per heavy atom. The van der Waals surface area contributed by atoms with Crippen LogP contribution in [0.5, 0.6) is 0 Å². The van der Waals surface area contributed by atoms with Gasteiger partial charge in [0.25, 0.3) is 0 Å². The summed E-state index contributed by atoms with van der Waals surface area (Å²) in [6.07, 6.45) is 0. The fourth-order valence-electron chi connectivity index (χ4n) is 6.45. The molecule has 0 radical (unpaired) electrons. The Labute approximate surface area is 252 Å². The lowest BCUT2D eigenvalue weighted by Crippen LogP contribution is -1.96. The van der Waals surface area contributed by atoms with Crippen LogP contribution >= 0.6 is 11.3 Å². The van der Waals surface area contributed by atoms with Crippen LogP contribution in [0.4, 0.5) is 0 Å². The number of rotatable bonds is 3. The molecule has 9 aromatic rings. The summed E-state index contributed by atoms with van der Waals surface area (Å²) in [5.41, 5.74) is 5.00. The van der Waals surface area contributed by atoms with Crippen molar-refractivity contribution >= 4 is 63.8 Å². The van der Waals surface area contributed by atoms with E-state index >= 15 is 0 Å². The lowest BCUT2D eigenvalue weighted by Gasteiger charge is -2.13. The Morgan fingerprint density at radius 3 is 1.63 bits per heavy atom. The maximum Gasteiger partial charge on any atom is 0.160 e. The molecule has 0 fully saturated rings. The molecule has 2 aromatic heterocycles. The third-order valence-corrected chi connectivity index (χ3v) is 9.67. The molecule has 0 amide bonds. The molecule has 0 aliphatic carbocycles. The third kappa shape index (κ3) is 3.86. The zero-order chi connectivity index (χ0) is 28.3. The maximum absolute atomic E-state index is 5.10. The SMILES string of the molecule is c1ccc(-c2cc(-c3ccccc3)nc(-c3ccc4c(c3)c3ccccc3c3c4ccc4c5ccccc5sc43)n2)cc1. The summed E-state index contributed by atoms with van der Waals surface area (Å²) < 4.78 is 2.68. The second-order valence-electron chi connectivity index (χ2n) is 11.0. The number of benzene rings is 7. The smallest absolute Gasteiger partial charge is 0.160 e. The summed E-state index contributed by atoms with van der Waals surface area (Å²) in [5, 5.41) is 10.3. The van der Waals surface area contributed by atoms with E-state index in [0.29, 0.717) is 0 Å². The van der Waals surface area contributed by atoms with Gasteiger partial charge in [-0.25, -0.2) is 9.97 Å². The first-order valence-corrected chi connectivity index (χ1v) is 15.3. The average Bonchev–Trinajstić information content (AvgIpc) is 3.47. The van der Waals surface area contributed by atoms with Gasteiger partial charge in [-0.05, 0) is 45.1 Å². The molecule has 0 N–H and O–H groups in total. The van der Waals surface area contributed by atoms with Crippen LogP contribution in [0.2, 0.25) is 0 Å². The first-order valence-electron chi connectivity index (χ1n) is 14.5. The molecule has 0 saturated heterocycles. The fraction of sp³-hybridized carbons (Fsp3) is 0. The van der Waals surface area contributed by atoms with Gasteiger partial charge >= 0.3 is 0 Å². The van der Waals surface area contributed by atoms with Crippen molar-refractivity contribution in [3.8, 4) is 33.9 Å². The van der Waals surface area contributed by atoms with E-state index in [1.165, 1.54) is 52.5 Å². The second-order valence-corrected chi connectivity index (χ2v) is 12.0. The van der Waals surface area contributed by atoms with Gasteiger partial charge in [0.05, 0.1) is 11.4 Å². The summed E-state index contributed by atoms with van der Waals surface area (Å²) in [7, 11) is 0. The minimum Gasteiger partial charge on any atom is -0.228 e. The standard InChI is InChI=1S/C40H24N2S/c1-3-11-25(12-4-1)35-24-36(26-13-5-2-6-14-26)42-40(41-35)27-19-20-29-32-21-22-33-30-16-9-10-18-37(30)43-39(33)38(32)31-17-8-7-15-28(31)34(29)23-27/h1-24H. The van der Waals surface area contributed by atoms with Gasteiger partial charge in [0.1, 0.15) is 0 Å². The van der Waals surface area contributed by atoms with E-state index in [-0.39, 0.29) is 0 Å². The van der Waals surface area contributed by atoms with Crippen LogP contribution in [0.25, 0.3) is 86.4 Å². The van der Waals surface area contributed by atoms with Crippen LogP contribution in [-0.2, 0) is 0 Å². The molecule has 2 nitrogen and oxygen atoms in total. The minimum atomic E-state index is 0.728. The Morgan fingerprint density at radius 1 is 0.372 bits per heavy atom. The second kappa shape index (κ2) is 9.59. The molecule has 0 bridgehead atoms. The number of aromatic nitrogens is 2. The quantitative estimate of drug-likeness (QED) is 0.199. The van der Waals surface area contributed by atoms with Gasteiger partial charge in [0.2, 0.25) is 0 Å². The predicted molar refractivity (Wildman–Crippen MR) is 184 cm³/mol. The number of fused-ring (bicyclic) bond motifs is 10. The van der Waals surface area contributed by atoms with E-state index < -0.39 is 0 Å². The van der Waals surface area contributed by atoms with Crippen molar-refractivity contribution < 1.29 is 0 Å². The van der Waals surface area contributed by atoms with Crippen molar-refractivity contribution in [2.24, 2.45) is 0 Å². The number of hydrogen-bond acceptors (Lipinski definition) is 3. The van der Waals surface area contributed by atoms with Crippen molar-refractivity contribution in [2.75, 3.05) is 0 Å². The van der Waals surface area contributed by atoms with Crippen LogP contribution in [-0.4, -0.2) is 9.97 Å². The highest BCUT2D eigenvalue weighted by molar-refractivity contribution is 7.26. The maximum atomic E-state index is 5.10. The largest absolute Gasteiger partial charge is 0.228 e. The highest BCUT2D eigenvalue weighted by Gasteiger charge is 2.16. The van der Waals surface area contributed by atoms with E-state index in [1.807, 2.05) is 23.5 Å².